The molecule has 1 amide bonds. The largest absolute Gasteiger partial charge is 0.361 e. The van der Waals surface area contributed by atoms with E-state index in [1.54, 1.807) is 11.3 Å². The number of aryl methyl sites for hydroxylation is 2. The van der Waals surface area contributed by atoms with Crippen LogP contribution in [-0.2, 0) is 17.6 Å². The normalized spacial score (nSPS) is 11.2. The maximum Gasteiger partial charge on any atom is 0.220 e. The summed E-state index contributed by atoms with van der Waals surface area (Å²) in [5.74, 6) is 0.111. The molecule has 0 spiro atoms. The first-order valence-electron chi connectivity index (χ1n) is 8.96. The van der Waals surface area contributed by atoms with Gasteiger partial charge < -0.3 is 10.3 Å². The van der Waals surface area contributed by atoms with Gasteiger partial charge in [0.05, 0.1) is 15.2 Å². The van der Waals surface area contributed by atoms with E-state index in [0.29, 0.717) is 13.0 Å². The summed E-state index contributed by atoms with van der Waals surface area (Å²) in [5, 5.41) is 5.37. The zero-order chi connectivity index (χ0) is 17.8. The molecule has 4 aromatic rings. The van der Waals surface area contributed by atoms with Gasteiger partial charge in [-0.1, -0.05) is 30.3 Å². The van der Waals surface area contributed by atoms with E-state index in [0.717, 1.165) is 35.3 Å². The van der Waals surface area contributed by atoms with Gasteiger partial charge in [0.25, 0.3) is 0 Å². The fraction of sp³-hybridized carbons (Fsp3) is 0.238. The van der Waals surface area contributed by atoms with Crippen molar-refractivity contribution in [2.24, 2.45) is 0 Å². The molecule has 0 fully saturated rings. The molecule has 0 bridgehead atoms. The number of carbonyl (C=O) groups excluding carboxylic acids is 1. The summed E-state index contributed by atoms with van der Waals surface area (Å²) in [5.41, 5.74) is 3.39. The molecular weight excluding hydrogens is 342 g/mol. The second-order valence-corrected chi connectivity index (χ2v) is 7.50. The number of fused-ring (bicyclic) bond motifs is 2. The molecule has 0 aliphatic carbocycles. The topological polar surface area (TPSA) is 57.8 Å². The summed E-state index contributed by atoms with van der Waals surface area (Å²) >= 11 is 1.74. The molecule has 132 valence electrons. The van der Waals surface area contributed by atoms with E-state index < -0.39 is 0 Å². The molecule has 0 aliphatic heterocycles. The Labute approximate surface area is 156 Å². The molecule has 4 nitrogen and oxygen atoms in total. The van der Waals surface area contributed by atoms with Crippen LogP contribution in [0, 0.1) is 0 Å². The van der Waals surface area contributed by atoms with Crippen LogP contribution in [0.4, 0.5) is 0 Å². The number of thiazole rings is 1. The molecule has 0 saturated carbocycles. The lowest BCUT2D eigenvalue weighted by atomic mass is 10.1. The second kappa shape index (κ2) is 7.70. The Kier molecular flexibility index (Phi) is 4.97. The minimum absolute atomic E-state index is 0.111. The quantitative estimate of drug-likeness (QED) is 0.476. The molecule has 26 heavy (non-hydrogen) atoms. The summed E-state index contributed by atoms with van der Waals surface area (Å²) in [7, 11) is 0. The van der Waals surface area contributed by atoms with Crippen molar-refractivity contribution in [3.8, 4) is 0 Å². The predicted octanol–water partition coefficient (Wildman–Crippen LogP) is 4.46. The molecule has 0 radical (unpaired) electrons. The summed E-state index contributed by atoms with van der Waals surface area (Å²) < 4.78 is 1.23. The highest BCUT2D eigenvalue weighted by Gasteiger charge is 2.07. The van der Waals surface area contributed by atoms with E-state index in [4.69, 9.17) is 0 Å². The fourth-order valence-corrected chi connectivity index (χ4v) is 4.18. The Morgan fingerprint density at radius 2 is 1.92 bits per heavy atom. The Morgan fingerprint density at radius 3 is 2.85 bits per heavy atom. The summed E-state index contributed by atoms with van der Waals surface area (Å²) in [6.45, 7) is 0.697. The maximum absolute atomic E-state index is 12.1. The number of amides is 1. The van der Waals surface area contributed by atoms with Crippen LogP contribution in [0.3, 0.4) is 0 Å². The third kappa shape index (κ3) is 3.78. The van der Waals surface area contributed by atoms with Gasteiger partial charge in [-0.25, -0.2) is 4.98 Å². The first-order chi connectivity index (χ1) is 12.8. The SMILES string of the molecule is O=C(CCc1c[nH]c2ccccc12)NCCCc1nc2ccccc2s1. The number of nitrogens with zero attached hydrogens (tertiary/aromatic N) is 1. The Morgan fingerprint density at radius 1 is 1.08 bits per heavy atom. The Balaban J connectivity index is 1.21. The van der Waals surface area contributed by atoms with Crippen LogP contribution in [0.15, 0.2) is 54.7 Å². The number of aromatic nitrogens is 2. The summed E-state index contributed by atoms with van der Waals surface area (Å²) in [4.78, 5) is 20.0. The number of carbonyl (C=O) groups is 1. The van der Waals surface area contributed by atoms with Crippen LogP contribution in [-0.4, -0.2) is 22.4 Å². The Hall–Kier alpha value is -2.66. The number of para-hydroxylation sites is 2. The predicted molar refractivity (Wildman–Crippen MR) is 108 cm³/mol. The van der Waals surface area contributed by atoms with Crippen molar-refractivity contribution >= 4 is 38.4 Å². The van der Waals surface area contributed by atoms with Gasteiger partial charge in [0, 0.05) is 36.5 Å². The van der Waals surface area contributed by atoms with Crippen LogP contribution >= 0.6 is 11.3 Å². The first kappa shape index (κ1) is 16.8. The summed E-state index contributed by atoms with van der Waals surface area (Å²) in [6.07, 6.45) is 5.10. The van der Waals surface area contributed by atoms with E-state index in [1.165, 1.54) is 15.6 Å². The lowest BCUT2D eigenvalue weighted by molar-refractivity contribution is -0.121. The van der Waals surface area contributed by atoms with Gasteiger partial charge in [0.2, 0.25) is 5.91 Å². The van der Waals surface area contributed by atoms with Gasteiger partial charge in [0.15, 0.2) is 0 Å². The van der Waals surface area contributed by atoms with Crippen LogP contribution in [0.5, 0.6) is 0 Å². The van der Waals surface area contributed by atoms with Crippen molar-refractivity contribution < 1.29 is 4.79 Å². The number of aromatic amines is 1. The van der Waals surface area contributed by atoms with Crippen LogP contribution in [0.2, 0.25) is 0 Å². The van der Waals surface area contributed by atoms with Crippen molar-refractivity contribution in [2.45, 2.75) is 25.7 Å². The zero-order valence-electron chi connectivity index (χ0n) is 14.5. The van der Waals surface area contributed by atoms with Crippen molar-refractivity contribution in [1.82, 2.24) is 15.3 Å². The molecule has 0 aliphatic rings. The standard InChI is InChI=1S/C21H21N3OS/c25-20(12-11-15-14-23-17-7-2-1-6-16(15)17)22-13-5-10-21-24-18-8-3-4-9-19(18)26-21/h1-4,6-9,14,23H,5,10-13H2,(H,22,25). The smallest absolute Gasteiger partial charge is 0.220 e. The van der Waals surface area contributed by atoms with Gasteiger partial charge in [-0.05, 0) is 36.6 Å². The van der Waals surface area contributed by atoms with Gasteiger partial charge in [0.1, 0.15) is 0 Å². The lowest BCUT2D eigenvalue weighted by Gasteiger charge is -2.04. The molecule has 4 rings (SSSR count). The van der Waals surface area contributed by atoms with Crippen molar-refractivity contribution in [3.05, 3.63) is 65.3 Å². The minimum Gasteiger partial charge on any atom is -0.361 e. The maximum atomic E-state index is 12.1. The van der Waals surface area contributed by atoms with Crippen molar-refractivity contribution in [1.29, 1.82) is 0 Å². The highest BCUT2D eigenvalue weighted by molar-refractivity contribution is 7.18. The number of benzene rings is 2. The molecule has 0 atom stereocenters. The summed E-state index contributed by atoms with van der Waals surface area (Å²) in [6, 6.07) is 16.4. The highest BCUT2D eigenvalue weighted by atomic mass is 32.1. The molecule has 2 N–H and O–H groups in total. The van der Waals surface area contributed by atoms with E-state index in [-0.39, 0.29) is 5.91 Å². The van der Waals surface area contributed by atoms with Crippen molar-refractivity contribution in [3.63, 3.8) is 0 Å². The van der Waals surface area contributed by atoms with Crippen LogP contribution in [0.1, 0.15) is 23.4 Å². The molecule has 0 unspecified atom stereocenters. The van der Waals surface area contributed by atoms with E-state index in [9.17, 15) is 4.79 Å². The van der Waals surface area contributed by atoms with Crippen LogP contribution in [0.25, 0.3) is 21.1 Å². The van der Waals surface area contributed by atoms with Crippen LogP contribution < -0.4 is 5.32 Å². The van der Waals surface area contributed by atoms with Gasteiger partial charge in [-0.3, -0.25) is 4.79 Å². The van der Waals surface area contributed by atoms with Gasteiger partial charge >= 0.3 is 0 Å². The Bertz CT molecular complexity index is 1000. The third-order valence-corrected chi connectivity index (χ3v) is 5.62. The van der Waals surface area contributed by atoms with E-state index in [2.05, 4.69) is 33.5 Å². The third-order valence-electron chi connectivity index (χ3n) is 4.52. The monoisotopic (exact) mass is 363 g/mol. The zero-order valence-corrected chi connectivity index (χ0v) is 15.3. The average molecular weight is 363 g/mol. The number of H-pyrrole nitrogens is 1. The number of nitrogens with one attached hydrogen (secondary N) is 2. The highest BCUT2D eigenvalue weighted by Crippen LogP contribution is 2.22. The molecule has 2 aromatic heterocycles. The van der Waals surface area contributed by atoms with E-state index >= 15 is 0 Å². The molecular formula is C21H21N3OS. The lowest BCUT2D eigenvalue weighted by Crippen LogP contribution is -2.24. The fourth-order valence-electron chi connectivity index (χ4n) is 3.17. The molecule has 2 heterocycles. The molecule has 5 heteroatoms. The average Bonchev–Trinajstić information content (AvgIpc) is 3.27. The number of hydrogen-bond acceptors (Lipinski definition) is 3. The van der Waals surface area contributed by atoms with Gasteiger partial charge in [-0.15, -0.1) is 11.3 Å². The first-order valence-corrected chi connectivity index (χ1v) is 9.77. The van der Waals surface area contributed by atoms with E-state index in [1.807, 2.05) is 36.5 Å². The minimum atomic E-state index is 0.111. The number of rotatable bonds is 7. The van der Waals surface area contributed by atoms with Gasteiger partial charge in [-0.2, -0.15) is 0 Å². The molecule has 0 saturated heterocycles. The number of hydrogen-bond donors (Lipinski definition) is 2. The molecule has 2 aromatic carbocycles. The van der Waals surface area contributed by atoms with Crippen molar-refractivity contribution in [2.75, 3.05) is 6.54 Å². The second-order valence-electron chi connectivity index (χ2n) is 6.39.